The van der Waals surface area contributed by atoms with Gasteiger partial charge in [0.2, 0.25) is 0 Å². The van der Waals surface area contributed by atoms with Gasteiger partial charge >= 0.3 is 0 Å². The van der Waals surface area contributed by atoms with E-state index in [1.165, 1.54) is 5.56 Å². The van der Waals surface area contributed by atoms with Crippen molar-refractivity contribution in [3.05, 3.63) is 106 Å². The molecule has 3 aromatic carbocycles. The Morgan fingerprint density at radius 3 is 1.69 bits per heavy atom. The summed E-state index contributed by atoms with van der Waals surface area (Å²) >= 11 is 6.94. The molecule has 0 aliphatic heterocycles. The first-order valence-corrected chi connectivity index (χ1v) is 16.1. The van der Waals surface area contributed by atoms with Gasteiger partial charge in [-0.1, -0.05) is 140 Å². The van der Waals surface area contributed by atoms with E-state index in [4.69, 9.17) is 21.8 Å². The second-order valence-corrected chi connectivity index (χ2v) is 17.3. The molecule has 2 nitrogen and oxygen atoms in total. The molecule has 0 spiro atoms. The first-order valence-electron chi connectivity index (χ1n) is 14.4. The van der Waals surface area contributed by atoms with Crippen molar-refractivity contribution < 1.29 is 4.43 Å². The molecular weight excluding hydrogens is 514 g/mol. The average molecular weight is 564 g/mol. The van der Waals surface area contributed by atoms with Gasteiger partial charge in [0.05, 0.1) is 0 Å². The number of hydrogen-bond donors (Lipinski definition) is 1. The summed E-state index contributed by atoms with van der Waals surface area (Å²) in [5, 5.41) is 0.908. The SMILES string of the molecule is CC(C)C(C(C)(N)c1ccc(CCC(C)(C)C)c(Cl)c1)C(O[SiH2]C(C)(C)C)(c1ccccc1)c1ccccc1. The molecular formula is C35H50ClNOSi. The van der Waals surface area contributed by atoms with E-state index >= 15 is 0 Å². The highest BCUT2D eigenvalue weighted by Gasteiger charge is 2.52. The summed E-state index contributed by atoms with van der Waals surface area (Å²) in [6.07, 6.45) is 2.03. The van der Waals surface area contributed by atoms with Gasteiger partial charge in [0, 0.05) is 16.5 Å². The molecule has 212 valence electrons. The van der Waals surface area contributed by atoms with Gasteiger partial charge in [-0.2, -0.15) is 0 Å². The summed E-state index contributed by atoms with van der Waals surface area (Å²) in [5.41, 5.74) is 10.9. The Balaban J connectivity index is 2.24. The molecule has 0 aromatic heterocycles. The van der Waals surface area contributed by atoms with E-state index in [2.05, 4.69) is 141 Å². The Bertz CT molecular complexity index is 1150. The van der Waals surface area contributed by atoms with E-state index in [9.17, 15) is 0 Å². The van der Waals surface area contributed by atoms with Crippen molar-refractivity contribution >= 4 is 21.4 Å². The van der Waals surface area contributed by atoms with E-state index in [0.29, 0.717) is 0 Å². The van der Waals surface area contributed by atoms with Gasteiger partial charge in [-0.25, -0.2) is 0 Å². The molecule has 0 aliphatic carbocycles. The molecule has 0 radical (unpaired) electrons. The Morgan fingerprint density at radius 2 is 1.28 bits per heavy atom. The first-order chi connectivity index (χ1) is 18.1. The van der Waals surface area contributed by atoms with Crippen LogP contribution in [0.15, 0.2) is 78.9 Å². The molecule has 0 saturated heterocycles. The fraction of sp³-hybridized carbons (Fsp3) is 0.486. The minimum atomic E-state index is -0.971. The molecule has 0 bridgehead atoms. The van der Waals surface area contributed by atoms with Gasteiger partial charge in [0.25, 0.3) is 0 Å². The number of rotatable bonds is 10. The summed E-state index contributed by atoms with van der Waals surface area (Å²) < 4.78 is 7.35. The lowest BCUT2D eigenvalue weighted by molar-refractivity contribution is -0.0216. The minimum Gasteiger partial charge on any atom is -0.410 e. The number of hydrogen-bond acceptors (Lipinski definition) is 2. The van der Waals surface area contributed by atoms with Gasteiger partial charge in [0.1, 0.15) is 5.60 Å². The van der Waals surface area contributed by atoms with Gasteiger partial charge < -0.3 is 10.2 Å². The topological polar surface area (TPSA) is 35.2 Å². The van der Waals surface area contributed by atoms with Crippen molar-refractivity contribution in [3.8, 4) is 0 Å². The van der Waals surface area contributed by atoms with Crippen molar-refractivity contribution in [2.45, 2.75) is 91.3 Å². The van der Waals surface area contributed by atoms with Crippen LogP contribution in [0.4, 0.5) is 0 Å². The summed E-state index contributed by atoms with van der Waals surface area (Å²) in [6.45, 7) is 20.4. The smallest absolute Gasteiger partial charge is 0.168 e. The highest BCUT2D eigenvalue weighted by atomic mass is 35.5. The van der Waals surface area contributed by atoms with Gasteiger partial charge in [-0.15, -0.1) is 0 Å². The number of benzene rings is 3. The van der Waals surface area contributed by atoms with Crippen LogP contribution in [-0.2, 0) is 22.0 Å². The van der Waals surface area contributed by atoms with Crippen LogP contribution in [0.25, 0.3) is 0 Å². The van der Waals surface area contributed by atoms with Gasteiger partial charge in [-0.3, -0.25) is 0 Å². The van der Waals surface area contributed by atoms with Crippen LogP contribution in [0.3, 0.4) is 0 Å². The molecule has 0 heterocycles. The predicted octanol–water partition coefficient (Wildman–Crippen LogP) is 9.03. The molecule has 2 unspecified atom stereocenters. The number of aryl methyl sites for hydroxylation is 1. The third-order valence-electron chi connectivity index (χ3n) is 7.71. The Kier molecular flexibility index (Phi) is 9.97. The standard InChI is InChI=1S/C35H50ClNOSi/c1-25(2)31(34(9,37)29-21-20-26(30(36)24-29)22-23-32(3,4)5)35(38-39-33(6,7)8,27-16-12-10-13-17-27)28-18-14-11-15-19-28/h10-21,24-25,31H,22-23,37,39H2,1-9H3. The van der Waals surface area contributed by atoms with Crippen molar-refractivity contribution in [1.82, 2.24) is 0 Å². The second kappa shape index (κ2) is 12.3. The maximum absolute atomic E-state index is 7.52. The van der Waals surface area contributed by atoms with Crippen LogP contribution in [0.5, 0.6) is 0 Å². The number of halogens is 1. The molecule has 2 atom stereocenters. The van der Waals surface area contributed by atoms with Crippen molar-refractivity contribution in [3.63, 3.8) is 0 Å². The molecule has 0 aliphatic rings. The third kappa shape index (κ3) is 7.64. The lowest BCUT2D eigenvalue weighted by Crippen LogP contribution is -2.56. The van der Waals surface area contributed by atoms with E-state index in [1.54, 1.807) is 0 Å². The molecule has 0 amide bonds. The highest BCUT2D eigenvalue weighted by molar-refractivity contribution is 6.32. The lowest BCUT2D eigenvalue weighted by atomic mass is 9.61. The molecule has 2 N–H and O–H groups in total. The molecule has 3 aromatic rings. The summed E-state index contributed by atoms with van der Waals surface area (Å²) in [4.78, 5) is 0. The normalized spacial score (nSPS) is 15.6. The van der Waals surface area contributed by atoms with Crippen molar-refractivity contribution in [2.24, 2.45) is 23.0 Å². The zero-order valence-electron chi connectivity index (χ0n) is 25.6. The van der Waals surface area contributed by atoms with Gasteiger partial charge in [0.15, 0.2) is 9.76 Å². The lowest BCUT2D eigenvalue weighted by Gasteiger charge is -2.52. The largest absolute Gasteiger partial charge is 0.410 e. The monoisotopic (exact) mass is 563 g/mol. The van der Waals surface area contributed by atoms with E-state index in [1.807, 2.05) is 0 Å². The molecule has 3 rings (SSSR count). The summed E-state index contributed by atoms with van der Waals surface area (Å²) in [6, 6.07) is 27.9. The van der Waals surface area contributed by atoms with E-state index < -0.39 is 20.9 Å². The number of nitrogens with two attached hydrogens (primary N) is 1. The van der Waals surface area contributed by atoms with Crippen LogP contribution < -0.4 is 5.73 Å². The molecule has 0 fully saturated rings. The van der Waals surface area contributed by atoms with Gasteiger partial charge in [-0.05, 0) is 64.5 Å². The Labute approximate surface area is 245 Å². The average Bonchev–Trinajstić information content (AvgIpc) is 2.85. The molecule has 39 heavy (non-hydrogen) atoms. The minimum absolute atomic E-state index is 0.0684. The van der Waals surface area contributed by atoms with Crippen LogP contribution >= 0.6 is 11.6 Å². The maximum atomic E-state index is 7.52. The summed E-state index contributed by atoms with van der Waals surface area (Å²) in [5.74, 6) is 0.148. The molecule has 4 heteroatoms. The fourth-order valence-electron chi connectivity index (χ4n) is 5.84. The van der Waals surface area contributed by atoms with Crippen LogP contribution in [0, 0.1) is 17.3 Å². The molecule has 0 saturated carbocycles. The quantitative estimate of drug-likeness (QED) is 0.250. The van der Waals surface area contributed by atoms with E-state index in [0.717, 1.165) is 34.6 Å². The highest BCUT2D eigenvalue weighted by Crippen LogP contribution is 2.51. The summed E-state index contributed by atoms with van der Waals surface area (Å²) in [7, 11) is -0.971. The van der Waals surface area contributed by atoms with E-state index in [-0.39, 0.29) is 22.3 Å². The third-order valence-corrected chi connectivity index (χ3v) is 9.53. The Morgan fingerprint density at radius 1 is 0.769 bits per heavy atom. The van der Waals surface area contributed by atoms with Crippen LogP contribution in [-0.4, -0.2) is 9.76 Å². The van der Waals surface area contributed by atoms with Crippen molar-refractivity contribution in [1.29, 1.82) is 0 Å². The zero-order valence-corrected chi connectivity index (χ0v) is 27.8. The second-order valence-electron chi connectivity index (χ2n) is 14.2. The fourth-order valence-corrected chi connectivity index (χ4v) is 7.29. The predicted molar refractivity (Wildman–Crippen MR) is 172 cm³/mol. The van der Waals surface area contributed by atoms with Crippen molar-refractivity contribution in [2.75, 3.05) is 0 Å². The van der Waals surface area contributed by atoms with Crippen LogP contribution in [0.2, 0.25) is 10.1 Å². The maximum Gasteiger partial charge on any atom is 0.168 e. The Hall–Kier alpha value is -1.91. The first kappa shape index (κ1) is 31.6. The zero-order chi connectivity index (χ0) is 29.1. The van der Waals surface area contributed by atoms with Crippen LogP contribution in [0.1, 0.15) is 91.0 Å².